The van der Waals surface area contributed by atoms with Crippen LogP contribution in [0.3, 0.4) is 0 Å². The number of aromatic nitrogens is 1. The molecule has 0 bridgehead atoms. The van der Waals surface area contributed by atoms with Gasteiger partial charge in [-0.1, -0.05) is 30.3 Å². The molecular weight excluding hydrogens is 426 g/mol. The molecule has 0 spiro atoms. The van der Waals surface area contributed by atoms with Crippen molar-refractivity contribution in [3.63, 3.8) is 0 Å². The maximum atomic E-state index is 12.8. The van der Waals surface area contributed by atoms with Crippen LogP contribution < -0.4 is 0 Å². The first-order valence-corrected chi connectivity index (χ1v) is 10.8. The first-order chi connectivity index (χ1) is 10.7. The number of halogens is 2. The summed E-state index contributed by atoms with van der Waals surface area (Å²) >= 11 is 3.27. The maximum absolute atomic E-state index is 12.8. The summed E-state index contributed by atoms with van der Waals surface area (Å²) in [6, 6.07) is 12.5. The molecule has 3 aromatic rings. The van der Waals surface area contributed by atoms with Crippen LogP contribution in [-0.4, -0.2) is 20.8 Å². The number of hydrogen-bond donors (Lipinski definition) is 0. The molecule has 23 heavy (non-hydrogen) atoms. The van der Waals surface area contributed by atoms with Crippen molar-refractivity contribution >= 4 is 56.6 Å². The van der Waals surface area contributed by atoms with Crippen LogP contribution in [0, 0.1) is 0 Å². The lowest BCUT2D eigenvalue weighted by Gasteiger charge is -2.08. The van der Waals surface area contributed by atoms with E-state index in [9.17, 15) is 16.8 Å². The molecule has 0 radical (unpaired) electrons. The standard InChI is InChI=1S/C14H9BrClNO4S2/c15-12-8-4-7-11-13(22(16,18)19)9-17(14(11)12)23(20,21)10-5-2-1-3-6-10/h1-9H. The lowest BCUT2D eigenvalue weighted by Crippen LogP contribution is -2.12. The van der Waals surface area contributed by atoms with Crippen molar-refractivity contribution in [2.45, 2.75) is 9.79 Å². The van der Waals surface area contributed by atoms with Gasteiger partial charge in [-0.2, -0.15) is 0 Å². The van der Waals surface area contributed by atoms with E-state index >= 15 is 0 Å². The summed E-state index contributed by atoms with van der Waals surface area (Å²) in [7, 11) is -2.62. The maximum Gasteiger partial charge on any atom is 0.268 e. The molecule has 5 nitrogen and oxygen atoms in total. The van der Waals surface area contributed by atoms with Gasteiger partial charge in [0.05, 0.1) is 10.4 Å². The largest absolute Gasteiger partial charge is 0.268 e. The van der Waals surface area contributed by atoms with Gasteiger partial charge in [0.2, 0.25) is 0 Å². The van der Waals surface area contributed by atoms with Gasteiger partial charge in [0, 0.05) is 26.7 Å². The molecule has 0 aliphatic rings. The highest BCUT2D eigenvalue weighted by Crippen LogP contribution is 2.34. The van der Waals surface area contributed by atoms with E-state index in [0.717, 1.165) is 10.2 Å². The highest BCUT2D eigenvalue weighted by Gasteiger charge is 2.26. The molecule has 0 aliphatic carbocycles. The molecule has 0 N–H and O–H groups in total. The van der Waals surface area contributed by atoms with Crippen LogP contribution in [0.1, 0.15) is 0 Å². The van der Waals surface area contributed by atoms with Gasteiger partial charge in [-0.25, -0.2) is 20.8 Å². The molecule has 0 fully saturated rings. The molecule has 0 unspecified atom stereocenters. The van der Waals surface area contributed by atoms with Crippen molar-refractivity contribution in [3.8, 4) is 0 Å². The third-order valence-corrected chi connectivity index (χ3v) is 6.93. The van der Waals surface area contributed by atoms with Gasteiger partial charge in [-0.15, -0.1) is 0 Å². The Morgan fingerprint density at radius 2 is 1.57 bits per heavy atom. The van der Waals surface area contributed by atoms with Gasteiger partial charge >= 0.3 is 0 Å². The summed E-state index contributed by atoms with van der Waals surface area (Å²) in [4.78, 5) is -0.207. The summed E-state index contributed by atoms with van der Waals surface area (Å²) in [6.45, 7) is 0. The van der Waals surface area contributed by atoms with Crippen LogP contribution >= 0.6 is 26.6 Å². The zero-order chi connectivity index (χ0) is 16.8. The van der Waals surface area contributed by atoms with Crippen molar-refractivity contribution in [1.29, 1.82) is 0 Å². The van der Waals surface area contributed by atoms with Gasteiger partial charge in [0.1, 0.15) is 4.90 Å². The van der Waals surface area contributed by atoms with Crippen LogP contribution in [-0.2, 0) is 19.1 Å². The van der Waals surface area contributed by atoms with Crippen molar-refractivity contribution in [1.82, 2.24) is 3.97 Å². The minimum atomic E-state index is -4.10. The lowest BCUT2D eigenvalue weighted by atomic mass is 10.2. The Labute approximate surface area is 146 Å². The topological polar surface area (TPSA) is 73.2 Å². The highest BCUT2D eigenvalue weighted by atomic mass is 79.9. The quantitative estimate of drug-likeness (QED) is 0.591. The third kappa shape index (κ3) is 2.80. The van der Waals surface area contributed by atoms with E-state index in [-0.39, 0.29) is 20.7 Å². The second-order valence-corrected chi connectivity index (χ2v) is 9.88. The zero-order valence-electron chi connectivity index (χ0n) is 11.3. The van der Waals surface area contributed by atoms with E-state index in [0.29, 0.717) is 4.47 Å². The zero-order valence-corrected chi connectivity index (χ0v) is 15.3. The number of hydrogen-bond acceptors (Lipinski definition) is 4. The highest BCUT2D eigenvalue weighted by molar-refractivity contribution is 9.10. The third-order valence-electron chi connectivity index (χ3n) is 3.27. The van der Waals surface area contributed by atoms with Crippen LogP contribution in [0.2, 0.25) is 0 Å². The first-order valence-electron chi connectivity index (χ1n) is 6.28. The predicted molar refractivity (Wildman–Crippen MR) is 91.7 cm³/mol. The Bertz CT molecular complexity index is 1110. The molecule has 0 amide bonds. The fourth-order valence-electron chi connectivity index (χ4n) is 2.27. The van der Waals surface area contributed by atoms with Crippen LogP contribution in [0.4, 0.5) is 0 Å². The summed E-state index contributed by atoms with van der Waals surface area (Å²) in [6.07, 6.45) is 1.03. The number of fused-ring (bicyclic) bond motifs is 1. The lowest BCUT2D eigenvalue weighted by molar-refractivity contribution is 0.589. The molecule has 120 valence electrons. The second-order valence-electron chi connectivity index (χ2n) is 4.68. The van der Waals surface area contributed by atoms with Crippen molar-refractivity contribution < 1.29 is 16.8 Å². The molecule has 9 heteroatoms. The Kier molecular flexibility index (Phi) is 4.04. The summed E-state index contributed by atoms with van der Waals surface area (Å²) in [5.41, 5.74) is 0.218. The Balaban J connectivity index is 2.44. The molecule has 0 saturated carbocycles. The van der Waals surface area contributed by atoms with Crippen LogP contribution in [0.15, 0.2) is 69.0 Å². The summed E-state index contributed by atoms with van der Waals surface area (Å²) in [5, 5.41) is 0.230. The minimum absolute atomic E-state index is 0.0474. The van der Waals surface area contributed by atoms with E-state index in [1.807, 2.05) is 0 Å². The molecular formula is C14H9BrClNO4S2. The monoisotopic (exact) mass is 433 g/mol. The normalized spacial score (nSPS) is 12.6. The van der Waals surface area contributed by atoms with Gasteiger partial charge in [-0.3, -0.25) is 0 Å². The minimum Gasteiger partial charge on any atom is -0.239 e. The summed E-state index contributed by atoms with van der Waals surface area (Å²) < 4.78 is 50.6. The molecule has 3 rings (SSSR count). The summed E-state index contributed by atoms with van der Waals surface area (Å²) in [5.74, 6) is 0. The van der Waals surface area contributed by atoms with Gasteiger partial charge in [0.15, 0.2) is 0 Å². The molecule has 1 aromatic heterocycles. The van der Waals surface area contributed by atoms with E-state index in [1.54, 1.807) is 30.3 Å². The van der Waals surface area contributed by atoms with Crippen molar-refractivity contribution in [2.24, 2.45) is 0 Å². The van der Waals surface area contributed by atoms with Crippen molar-refractivity contribution in [3.05, 3.63) is 59.2 Å². The smallest absolute Gasteiger partial charge is 0.239 e. The number of nitrogens with zero attached hydrogens (tertiary/aromatic N) is 1. The number of para-hydroxylation sites is 1. The van der Waals surface area contributed by atoms with Crippen LogP contribution in [0.5, 0.6) is 0 Å². The van der Waals surface area contributed by atoms with Crippen LogP contribution in [0.25, 0.3) is 10.9 Å². The molecule has 0 saturated heterocycles. The van der Waals surface area contributed by atoms with E-state index < -0.39 is 19.1 Å². The number of rotatable bonds is 3. The fourth-order valence-corrected chi connectivity index (χ4v) is 5.45. The Morgan fingerprint density at radius 3 is 2.17 bits per heavy atom. The van der Waals surface area contributed by atoms with Gasteiger partial charge in [-0.05, 0) is 34.1 Å². The van der Waals surface area contributed by atoms with E-state index in [4.69, 9.17) is 10.7 Å². The molecule has 0 aliphatic heterocycles. The average Bonchev–Trinajstić information content (AvgIpc) is 2.90. The Hall–Kier alpha value is -1.35. The van der Waals surface area contributed by atoms with Gasteiger partial charge in [0.25, 0.3) is 19.1 Å². The molecule has 0 atom stereocenters. The number of benzene rings is 2. The van der Waals surface area contributed by atoms with E-state index in [2.05, 4.69) is 15.9 Å². The molecule has 1 heterocycles. The average molecular weight is 435 g/mol. The molecule has 2 aromatic carbocycles. The van der Waals surface area contributed by atoms with Crippen molar-refractivity contribution in [2.75, 3.05) is 0 Å². The Morgan fingerprint density at radius 1 is 0.913 bits per heavy atom. The first kappa shape index (κ1) is 16.5. The van der Waals surface area contributed by atoms with Gasteiger partial charge < -0.3 is 0 Å². The van der Waals surface area contributed by atoms with E-state index in [1.165, 1.54) is 18.2 Å². The predicted octanol–water partition coefficient (Wildman–Crippen LogP) is 3.57. The second kappa shape index (κ2) is 5.62. The fraction of sp³-hybridized carbons (Fsp3) is 0. The SMILES string of the molecule is O=S(=O)(Cl)c1cn(S(=O)(=O)c2ccccc2)c2c(Br)cccc12.